The van der Waals surface area contributed by atoms with Gasteiger partial charge in [0.2, 0.25) is 5.91 Å². The molecule has 0 saturated heterocycles. The van der Waals surface area contributed by atoms with Gasteiger partial charge in [-0.25, -0.2) is 0 Å². The van der Waals surface area contributed by atoms with Crippen molar-refractivity contribution < 1.29 is 14.7 Å². The van der Waals surface area contributed by atoms with Crippen LogP contribution < -0.4 is 5.32 Å². The number of thioether (sulfide) groups is 1. The number of carboxylic acids is 1. The largest absolute Gasteiger partial charge is 0.481 e. The monoisotopic (exact) mass is 309 g/mol. The van der Waals surface area contributed by atoms with Gasteiger partial charge in [0.15, 0.2) is 0 Å². The Balaban J connectivity index is 2.33. The average Bonchev–Trinajstić information content (AvgIpc) is 2.42. The summed E-state index contributed by atoms with van der Waals surface area (Å²) in [6.45, 7) is 4.54. The van der Waals surface area contributed by atoms with Gasteiger partial charge in [-0.2, -0.15) is 0 Å². The van der Waals surface area contributed by atoms with Gasteiger partial charge in [0, 0.05) is 17.9 Å². The third-order valence-electron chi connectivity index (χ3n) is 2.97. The third-order valence-corrected chi connectivity index (χ3v) is 3.98. The fourth-order valence-electron chi connectivity index (χ4n) is 2.13. The van der Waals surface area contributed by atoms with E-state index in [1.807, 2.05) is 30.3 Å². The van der Waals surface area contributed by atoms with E-state index in [9.17, 15) is 9.59 Å². The van der Waals surface area contributed by atoms with Crippen LogP contribution >= 0.6 is 11.8 Å². The first kappa shape index (κ1) is 17.6. The van der Waals surface area contributed by atoms with Gasteiger partial charge in [-0.3, -0.25) is 9.59 Å². The minimum absolute atomic E-state index is 0.00632. The lowest BCUT2D eigenvalue weighted by Crippen LogP contribution is -2.32. The topological polar surface area (TPSA) is 66.4 Å². The molecule has 0 spiro atoms. The summed E-state index contributed by atoms with van der Waals surface area (Å²) in [5.74, 6) is -0.0967. The molecule has 0 aliphatic rings. The number of carbonyl (C=O) groups excluding carboxylic acids is 1. The van der Waals surface area contributed by atoms with E-state index < -0.39 is 5.97 Å². The van der Waals surface area contributed by atoms with Crippen molar-refractivity contribution in [1.82, 2.24) is 5.32 Å². The number of nitrogens with one attached hydrogen (secondary N) is 1. The van der Waals surface area contributed by atoms with Gasteiger partial charge in [-0.05, 0) is 30.4 Å². The smallest absolute Gasteiger partial charge is 0.303 e. The molecule has 0 radical (unpaired) electrons. The van der Waals surface area contributed by atoms with Crippen LogP contribution in [0.2, 0.25) is 0 Å². The maximum atomic E-state index is 11.8. The van der Waals surface area contributed by atoms with Crippen LogP contribution in [0.3, 0.4) is 0 Å². The Bertz CT molecular complexity index is 448. The summed E-state index contributed by atoms with van der Waals surface area (Å²) in [6, 6.07) is 9.73. The van der Waals surface area contributed by atoms with Gasteiger partial charge in [-0.15, -0.1) is 11.8 Å². The van der Waals surface area contributed by atoms with Crippen LogP contribution in [0.15, 0.2) is 35.2 Å². The molecule has 1 amide bonds. The standard InChI is InChI=1S/C16H23NO3S/c1-12(2)8-13(9-16(19)20)10-17-15(18)11-21-14-6-4-3-5-7-14/h3-7,12-13H,8-11H2,1-2H3,(H,17,18)(H,19,20). The lowest BCUT2D eigenvalue weighted by Gasteiger charge is -2.17. The molecule has 1 aromatic rings. The minimum atomic E-state index is -0.812. The summed E-state index contributed by atoms with van der Waals surface area (Å²) in [5, 5.41) is 11.7. The molecule has 4 nitrogen and oxygen atoms in total. The first-order chi connectivity index (χ1) is 9.97. The Morgan fingerprint density at radius 2 is 1.90 bits per heavy atom. The van der Waals surface area contributed by atoms with Crippen molar-refractivity contribution in [3.63, 3.8) is 0 Å². The van der Waals surface area contributed by atoms with Crippen LogP contribution in [-0.4, -0.2) is 29.3 Å². The lowest BCUT2D eigenvalue weighted by atomic mass is 9.94. The van der Waals surface area contributed by atoms with E-state index in [4.69, 9.17) is 5.11 Å². The van der Waals surface area contributed by atoms with E-state index >= 15 is 0 Å². The second-order valence-corrected chi connectivity index (χ2v) is 6.55. The van der Waals surface area contributed by atoms with Crippen LogP contribution in [0.1, 0.15) is 26.7 Å². The summed E-state index contributed by atoms with van der Waals surface area (Å²) in [4.78, 5) is 23.7. The lowest BCUT2D eigenvalue weighted by molar-refractivity contribution is -0.138. The first-order valence-corrected chi connectivity index (χ1v) is 8.12. The molecule has 1 aromatic carbocycles. The highest BCUT2D eigenvalue weighted by Gasteiger charge is 2.16. The fourth-order valence-corrected chi connectivity index (χ4v) is 2.88. The fraction of sp³-hybridized carbons (Fsp3) is 0.500. The second-order valence-electron chi connectivity index (χ2n) is 5.50. The van der Waals surface area contributed by atoms with Crippen molar-refractivity contribution in [3.8, 4) is 0 Å². The Kier molecular flexibility index (Phi) is 7.90. The number of hydrogen-bond acceptors (Lipinski definition) is 3. The maximum absolute atomic E-state index is 11.8. The number of hydrogen-bond donors (Lipinski definition) is 2. The summed E-state index contributed by atoms with van der Waals surface area (Å²) < 4.78 is 0. The highest BCUT2D eigenvalue weighted by atomic mass is 32.2. The Hall–Kier alpha value is -1.49. The zero-order chi connectivity index (χ0) is 15.7. The van der Waals surface area contributed by atoms with E-state index in [2.05, 4.69) is 19.2 Å². The Morgan fingerprint density at radius 3 is 2.48 bits per heavy atom. The van der Waals surface area contributed by atoms with Crippen molar-refractivity contribution in [3.05, 3.63) is 30.3 Å². The van der Waals surface area contributed by atoms with Gasteiger partial charge in [0.1, 0.15) is 0 Å². The zero-order valence-corrected chi connectivity index (χ0v) is 13.4. The van der Waals surface area contributed by atoms with Crippen LogP contribution in [0, 0.1) is 11.8 Å². The molecule has 1 unspecified atom stereocenters. The van der Waals surface area contributed by atoms with Crippen LogP contribution in [0.25, 0.3) is 0 Å². The molecule has 0 bridgehead atoms. The molecule has 0 aliphatic heterocycles. The van der Waals surface area contributed by atoms with Crippen molar-refractivity contribution in [2.24, 2.45) is 11.8 Å². The molecule has 0 heterocycles. The zero-order valence-electron chi connectivity index (χ0n) is 12.5. The Labute approximate surface area is 130 Å². The maximum Gasteiger partial charge on any atom is 0.303 e. The van der Waals surface area contributed by atoms with Gasteiger partial charge in [0.25, 0.3) is 0 Å². The van der Waals surface area contributed by atoms with E-state index in [0.29, 0.717) is 18.2 Å². The Morgan fingerprint density at radius 1 is 1.24 bits per heavy atom. The number of benzene rings is 1. The third kappa shape index (κ3) is 8.40. The molecule has 21 heavy (non-hydrogen) atoms. The molecule has 0 aromatic heterocycles. The quantitative estimate of drug-likeness (QED) is 0.688. The second kappa shape index (κ2) is 9.45. The minimum Gasteiger partial charge on any atom is -0.481 e. The number of amides is 1. The molecular weight excluding hydrogens is 286 g/mol. The van der Waals surface area contributed by atoms with Crippen molar-refractivity contribution in [2.45, 2.75) is 31.6 Å². The number of carboxylic acid groups (broad SMARTS) is 1. The number of rotatable bonds is 9. The van der Waals surface area contributed by atoms with E-state index in [1.54, 1.807) is 0 Å². The number of aliphatic carboxylic acids is 1. The van der Waals surface area contributed by atoms with Crippen molar-refractivity contribution >= 4 is 23.6 Å². The van der Waals surface area contributed by atoms with Gasteiger partial charge < -0.3 is 10.4 Å². The average molecular weight is 309 g/mol. The van der Waals surface area contributed by atoms with Gasteiger partial charge in [0.05, 0.1) is 5.75 Å². The van der Waals surface area contributed by atoms with Crippen LogP contribution in [-0.2, 0) is 9.59 Å². The molecule has 116 valence electrons. The van der Waals surface area contributed by atoms with Gasteiger partial charge in [-0.1, -0.05) is 32.0 Å². The molecule has 5 heteroatoms. The van der Waals surface area contributed by atoms with Crippen LogP contribution in [0.4, 0.5) is 0 Å². The molecule has 0 saturated carbocycles. The van der Waals surface area contributed by atoms with Crippen LogP contribution in [0.5, 0.6) is 0 Å². The van der Waals surface area contributed by atoms with Crippen molar-refractivity contribution in [2.75, 3.05) is 12.3 Å². The predicted octanol–water partition coefficient (Wildman–Crippen LogP) is 3.03. The highest BCUT2D eigenvalue weighted by molar-refractivity contribution is 8.00. The highest BCUT2D eigenvalue weighted by Crippen LogP contribution is 2.17. The summed E-state index contributed by atoms with van der Waals surface area (Å²) in [5.41, 5.74) is 0. The normalized spacial score (nSPS) is 12.1. The first-order valence-electron chi connectivity index (χ1n) is 7.13. The van der Waals surface area contributed by atoms with E-state index in [0.717, 1.165) is 11.3 Å². The summed E-state index contributed by atoms with van der Waals surface area (Å²) >= 11 is 1.48. The molecule has 0 fully saturated rings. The molecule has 0 aliphatic carbocycles. The number of carbonyl (C=O) groups is 2. The predicted molar refractivity (Wildman–Crippen MR) is 85.4 cm³/mol. The molecule has 1 atom stereocenters. The molecular formula is C16H23NO3S. The summed E-state index contributed by atoms with van der Waals surface area (Å²) in [6.07, 6.45) is 0.905. The summed E-state index contributed by atoms with van der Waals surface area (Å²) in [7, 11) is 0. The molecule has 1 rings (SSSR count). The van der Waals surface area contributed by atoms with Crippen molar-refractivity contribution in [1.29, 1.82) is 0 Å². The molecule has 2 N–H and O–H groups in total. The van der Waals surface area contributed by atoms with E-state index in [-0.39, 0.29) is 18.2 Å². The van der Waals surface area contributed by atoms with Gasteiger partial charge >= 0.3 is 5.97 Å². The SMILES string of the molecule is CC(C)CC(CNC(=O)CSc1ccccc1)CC(=O)O. The van der Waals surface area contributed by atoms with E-state index in [1.165, 1.54) is 11.8 Å².